The van der Waals surface area contributed by atoms with Gasteiger partial charge in [-0.05, 0) is 18.4 Å². The number of hydrogen-bond acceptors (Lipinski definition) is 2. The lowest BCUT2D eigenvalue weighted by Crippen LogP contribution is -2.23. The summed E-state index contributed by atoms with van der Waals surface area (Å²) < 4.78 is 0. The van der Waals surface area contributed by atoms with Crippen molar-refractivity contribution in [3.05, 3.63) is 0 Å². The molecule has 0 unspecified atom stereocenters. The van der Waals surface area contributed by atoms with Crippen LogP contribution in [-0.4, -0.2) is 24.2 Å². The van der Waals surface area contributed by atoms with E-state index in [2.05, 4.69) is 5.32 Å². The fraction of sp³-hybridized carbons (Fsp3) is 0.857. The van der Waals surface area contributed by atoms with Gasteiger partial charge in [0.2, 0.25) is 0 Å². The number of aliphatic carboxylic acids is 1. The van der Waals surface area contributed by atoms with Crippen LogP contribution in [0.5, 0.6) is 0 Å². The van der Waals surface area contributed by atoms with Crippen molar-refractivity contribution in [2.75, 3.05) is 13.1 Å². The largest absolute Gasteiger partial charge is 0.481 e. The van der Waals surface area contributed by atoms with E-state index >= 15 is 0 Å². The molecule has 0 amide bonds. The lowest BCUT2D eigenvalue weighted by atomic mass is 9.86. The van der Waals surface area contributed by atoms with Gasteiger partial charge in [-0.2, -0.15) is 0 Å². The summed E-state index contributed by atoms with van der Waals surface area (Å²) in [5.74, 6) is -0.689. The first-order valence-corrected chi connectivity index (χ1v) is 3.55. The minimum atomic E-state index is -0.689. The van der Waals surface area contributed by atoms with E-state index in [-0.39, 0.29) is 5.41 Å². The van der Waals surface area contributed by atoms with Crippen molar-refractivity contribution in [2.24, 2.45) is 5.41 Å². The highest BCUT2D eigenvalue weighted by molar-refractivity contribution is 5.67. The Kier molecular flexibility index (Phi) is 1.94. The van der Waals surface area contributed by atoms with Crippen molar-refractivity contribution >= 4 is 5.97 Å². The number of nitrogens with one attached hydrogen (secondary N) is 1. The van der Waals surface area contributed by atoms with Crippen LogP contribution < -0.4 is 5.32 Å². The molecule has 1 heterocycles. The van der Waals surface area contributed by atoms with Crippen molar-refractivity contribution < 1.29 is 9.90 Å². The van der Waals surface area contributed by atoms with Gasteiger partial charge in [-0.25, -0.2) is 0 Å². The van der Waals surface area contributed by atoms with Crippen molar-refractivity contribution in [3.63, 3.8) is 0 Å². The molecule has 0 aromatic carbocycles. The third kappa shape index (κ3) is 1.70. The number of rotatable bonds is 2. The molecule has 1 fully saturated rings. The molecule has 1 aliphatic heterocycles. The number of hydrogen-bond donors (Lipinski definition) is 2. The van der Waals surface area contributed by atoms with Gasteiger partial charge in [-0.3, -0.25) is 4.79 Å². The Labute approximate surface area is 60.4 Å². The van der Waals surface area contributed by atoms with Crippen molar-refractivity contribution in [2.45, 2.75) is 19.8 Å². The van der Waals surface area contributed by atoms with Gasteiger partial charge in [-0.15, -0.1) is 0 Å². The lowest BCUT2D eigenvalue weighted by molar-refractivity contribution is -0.139. The predicted molar refractivity (Wildman–Crippen MR) is 37.8 cm³/mol. The maximum atomic E-state index is 10.3. The maximum absolute atomic E-state index is 10.3. The van der Waals surface area contributed by atoms with E-state index in [1.807, 2.05) is 6.92 Å². The molecule has 1 rings (SSSR count). The van der Waals surface area contributed by atoms with Gasteiger partial charge in [0.05, 0.1) is 6.42 Å². The van der Waals surface area contributed by atoms with E-state index in [0.29, 0.717) is 6.42 Å². The lowest BCUT2D eigenvalue weighted by Gasteiger charge is -2.18. The summed E-state index contributed by atoms with van der Waals surface area (Å²) >= 11 is 0. The van der Waals surface area contributed by atoms with Crippen molar-refractivity contribution in [1.29, 1.82) is 0 Å². The van der Waals surface area contributed by atoms with Gasteiger partial charge in [0.25, 0.3) is 0 Å². The molecule has 1 atom stereocenters. The van der Waals surface area contributed by atoms with E-state index in [0.717, 1.165) is 19.5 Å². The average Bonchev–Trinajstić information content (AvgIpc) is 2.12. The van der Waals surface area contributed by atoms with Crippen LogP contribution in [0, 0.1) is 5.41 Å². The third-order valence-electron chi connectivity index (χ3n) is 2.04. The topological polar surface area (TPSA) is 49.3 Å². The first-order chi connectivity index (χ1) is 4.62. The highest BCUT2D eigenvalue weighted by Crippen LogP contribution is 2.28. The molecule has 2 N–H and O–H groups in total. The summed E-state index contributed by atoms with van der Waals surface area (Å²) in [5, 5.41) is 11.7. The van der Waals surface area contributed by atoms with Crippen LogP contribution in [0.25, 0.3) is 0 Å². The highest BCUT2D eigenvalue weighted by atomic mass is 16.4. The van der Waals surface area contributed by atoms with E-state index in [1.165, 1.54) is 0 Å². The summed E-state index contributed by atoms with van der Waals surface area (Å²) in [4.78, 5) is 10.3. The molecule has 0 aliphatic carbocycles. The Morgan fingerprint density at radius 3 is 2.90 bits per heavy atom. The molecule has 0 radical (unpaired) electrons. The first-order valence-electron chi connectivity index (χ1n) is 3.55. The Morgan fingerprint density at radius 1 is 1.80 bits per heavy atom. The fourth-order valence-electron chi connectivity index (χ4n) is 1.38. The second-order valence-corrected chi connectivity index (χ2v) is 3.31. The monoisotopic (exact) mass is 143 g/mol. The molecule has 0 aromatic heterocycles. The Balaban J connectivity index is 2.43. The molecule has 3 heteroatoms. The zero-order chi connectivity index (χ0) is 7.61. The van der Waals surface area contributed by atoms with Gasteiger partial charge >= 0.3 is 5.97 Å². The van der Waals surface area contributed by atoms with E-state index in [1.54, 1.807) is 0 Å². The van der Waals surface area contributed by atoms with Gasteiger partial charge in [0, 0.05) is 6.54 Å². The standard InChI is InChI=1S/C7H13NO2/c1-7(4-6(9)10)2-3-8-5-7/h8H,2-5H2,1H3,(H,9,10)/t7-/m1/s1. The van der Waals surface area contributed by atoms with E-state index in [4.69, 9.17) is 5.11 Å². The maximum Gasteiger partial charge on any atom is 0.303 e. The number of carbonyl (C=O) groups is 1. The molecule has 3 nitrogen and oxygen atoms in total. The zero-order valence-electron chi connectivity index (χ0n) is 6.18. The van der Waals surface area contributed by atoms with Crippen LogP contribution in [0.1, 0.15) is 19.8 Å². The second kappa shape index (κ2) is 2.58. The first kappa shape index (κ1) is 7.54. The van der Waals surface area contributed by atoms with Crippen LogP contribution in [0.4, 0.5) is 0 Å². The highest BCUT2D eigenvalue weighted by Gasteiger charge is 2.30. The molecular formula is C7H13NO2. The Bertz CT molecular complexity index is 139. The normalized spacial score (nSPS) is 32.5. The molecule has 0 bridgehead atoms. The summed E-state index contributed by atoms with van der Waals surface area (Å²) in [6, 6.07) is 0. The van der Waals surface area contributed by atoms with Gasteiger partial charge in [0.1, 0.15) is 0 Å². The molecule has 10 heavy (non-hydrogen) atoms. The van der Waals surface area contributed by atoms with Gasteiger partial charge < -0.3 is 10.4 Å². The Hall–Kier alpha value is -0.570. The third-order valence-corrected chi connectivity index (χ3v) is 2.04. The fourth-order valence-corrected chi connectivity index (χ4v) is 1.38. The Morgan fingerprint density at radius 2 is 2.50 bits per heavy atom. The average molecular weight is 143 g/mol. The molecule has 0 saturated carbocycles. The minimum Gasteiger partial charge on any atom is -0.481 e. The van der Waals surface area contributed by atoms with Gasteiger partial charge in [-0.1, -0.05) is 6.92 Å². The van der Waals surface area contributed by atoms with Gasteiger partial charge in [0.15, 0.2) is 0 Å². The summed E-state index contributed by atoms with van der Waals surface area (Å²) in [6.45, 7) is 3.82. The van der Waals surface area contributed by atoms with Crippen LogP contribution >= 0.6 is 0 Å². The summed E-state index contributed by atoms with van der Waals surface area (Å²) in [6.07, 6.45) is 1.28. The predicted octanol–water partition coefficient (Wildman–Crippen LogP) is 0.461. The summed E-state index contributed by atoms with van der Waals surface area (Å²) in [7, 11) is 0. The van der Waals surface area contributed by atoms with E-state index in [9.17, 15) is 4.79 Å². The molecular weight excluding hydrogens is 130 g/mol. The second-order valence-electron chi connectivity index (χ2n) is 3.31. The van der Waals surface area contributed by atoms with Crippen LogP contribution in [0.3, 0.4) is 0 Å². The van der Waals surface area contributed by atoms with Crippen molar-refractivity contribution in [3.8, 4) is 0 Å². The SMILES string of the molecule is C[C@]1(CC(=O)O)CCNC1. The van der Waals surface area contributed by atoms with Crippen LogP contribution in [-0.2, 0) is 4.79 Å². The molecule has 58 valence electrons. The van der Waals surface area contributed by atoms with Crippen LogP contribution in [0.15, 0.2) is 0 Å². The molecule has 1 aliphatic rings. The number of carboxylic acids is 1. The van der Waals surface area contributed by atoms with E-state index < -0.39 is 5.97 Å². The zero-order valence-corrected chi connectivity index (χ0v) is 6.18. The summed E-state index contributed by atoms with van der Waals surface area (Å²) in [5.41, 5.74) is 0.00579. The quantitative estimate of drug-likeness (QED) is 0.590. The minimum absolute atomic E-state index is 0.00579. The number of carboxylic acid groups (broad SMARTS) is 1. The van der Waals surface area contributed by atoms with Crippen LogP contribution in [0.2, 0.25) is 0 Å². The molecule has 0 spiro atoms. The smallest absolute Gasteiger partial charge is 0.303 e. The van der Waals surface area contributed by atoms with Crippen molar-refractivity contribution in [1.82, 2.24) is 5.32 Å². The molecule has 0 aromatic rings. The molecule has 1 saturated heterocycles.